The van der Waals surface area contributed by atoms with Gasteiger partial charge in [-0.3, -0.25) is 4.99 Å². The summed E-state index contributed by atoms with van der Waals surface area (Å²) in [5, 5.41) is 4.61. The Bertz CT molecular complexity index is 219. The third-order valence-corrected chi connectivity index (χ3v) is 4.03. The molecular weight excluding hydrogens is 194 g/mol. The molecule has 14 heavy (non-hydrogen) atoms. The van der Waals surface area contributed by atoms with E-state index in [2.05, 4.69) is 29.2 Å². The molecule has 2 aliphatic rings. The number of nitrogens with zero attached hydrogens (tertiary/aromatic N) is 2. The van der Waals surface area contributed by atoms with Crippen molar-refractivity contribution in [2.45, 2.75) is 19.4 Å². The molecule has 0 aliphatic carbocycles. The SMILES string of the molecule is CC1CC(CNC2=NCCS2)CN1C. The molecule has 2 heterocycles. The number of likely N-dealkylation sites (tertiary alicyclic amines) is 1. The highest BCUT2D eigenvalue weighted by atomic mass is 32.2. The van der Waals surface area contributed by atoms with E-state index in [1.165, 1.54) is 13.0 Å². The van der Waals surface area contributed by atoms with Gasteiger partial charge in [0.1, 0.15) is 0 Å². The lowest BCUT2D eigenvalue weighted by atomic mass is 10.1. The lowest BCUT2D eigenvalue weighted by molar-refractivity contribution is 0.325. The molecule has 0 bridgehead atoms. The van der Waals surface area contributed by atoms with E-state index in [1.54, 1.807) is 0 Å². The Morgan fingerprint density at radius 3 is 3.07 bits per heavy atom. The van der Waals surface area contributed by atoms with Gasteiger partial charge in [0.15, 0.2) is 5.17 Å². The predicted molar refractivity (Wildman–Crippen MR) is 63.0 cm³/mol. The van der Waals surface area contributed by atoms with Gasteiger partial charge in [-0.25, -0.2) is 0 Å². The molecule has 80 valence electrons. The Hall–Kier alpha value is -0.220. The summed E-state index contributed by atoms with van der Waals surface area (Å²) in [5.41, 5.74) is 0. The van der Waals surface area contributed by atoms with Crippen LogP contribution in [0, 0.1) is 5.92 Å². The van der Waals surface area contributed by atoms with E-state index in [4.69, 9.17) is 0 Å². The summed E-state index contributed by atoms with van der Waals surface area (Å²) < 4.78 is 0. The van der Waals surface area contributed by atoms with E-state index in [9.17, 15) is 0 Å². The Balaban J connectivity index is 1.71. The van der Waals surface area contributed by atoms with Gasteiger partial charge < -0.3 is 10.2 Å². The molecule has 1 fully saturated rings. The second-order valence-corrected chi connectivity index (χ2v) is 5.39. The van der Waals surface area contributed by atoms with Crippen molar-refractivity contribution in [3.63, 3.8) is 0 Å². The van der Waals surface area contributed by atoms with Gasteiger partial charge in [-0.05, 0) is 26.3 Å². The maximum atomic E-state index is 4.39. The topological polar surface area (TPSA) is 27.6 Å². The van der Waals surface area contributed by atoms with Crippen LogP contribution in [0.25, 0.3) is 0 Å². The Morgan fingerprint density at radius 2 is 2.50 bits per heavy atom. The first kappa shape index (κ1) is 10.3. The number of nitrogens with one attached hydrogen (secondary N) is 1. The highest BCUT2D eigenvalue weighted by molar-refractivity contribution is 8.14. The first-order valence-electron chi connectivity index (χ1n) is 5.37. The van der Waals surface area contributed by atoms with Gasteiger partial charge in [-0.15, -0.1) is 0 Å². The molecule has 1 N–H and O–H groups in total. The molecule has 3 nitrogen and oxygen atoms in total. The van der Waals surface area contributed by atoms with E-state index in [1.807, 2.05) is 11.8 Å². The molecular formula is C10H19N3S. The molecule has 0 radical (unpaired) electrons. The molecule has 0 aromatic heterocycles. The molecule has 2 unspecified atom stereocenters. The van der Waals surface area contributed by atoms with Gasteiger partial charge in [0.2, 0.25) is 0 Å². The summed E-state index contributed by atoms with van der Waals surface area (Å²) in [7, 11) is 2.21. The van der Waals surface area contributed by atoms with Gasteiger partial charge in [0, 0.05) is 24.9 Å². The van der Waals surface area contributed by atoms with E-state index in [0.29, 0.717) is 0 Å². The smallest absolute Gasteiger partial charge is 0.156 e. The van der Waals surface area contributed by atoms with Crippen LogP contribution in [0.3, 0.4) is 0 Å². The van der Waals surface area contributed by atoms with Crippen LogP contribution in [0.4, 0.5) is 0 Å². The number of aliphatic imine (C=N–C) groups is 1. The van der Waals surface area contributed by atoms with Crippen molar-refractivity contribution in [2.24, 2.45) is 10.9 Å². The first-order valence-corrected chi connectivity index (χ1v) is 6.35. The van der Waals surface area contributed by atoms with Crippen LogP contribution in [0.1, 0.15) is 13.3 Å². The summed E-state index contributed by atoms with van der Waals surface area (Å²) in [5.74, 6) is 1.96. The van der Waals surface area contributed by atoms with Crippen molar-refractivity contribution >= 4 is 16.9 Å². The summed E-state index contributed by atoms with van der Waals surface area (Å²) in [4.78, 5) is 6.83. The van der Waals surface area contributed by atoms with E-state index in [0.717, 1.165) is 36.0 Å². The van der Waals surface area contributed by atoms with E-state index < -0.39 is 0 Å². The van der Waals surface area contributed by atoms with Crippen LogP contribution in [-0.4, -0.2) is 48.5 Å². The largest absolute Gasteiger partial charge is 0.365 e. The zero-order valence-electron chi connectivity index (χ0n) is 8.99. The van der Waals surface area contributed by atoms with E-state index in [-0.39, 0.29) is 0 Å². The van der Waals surface area contributed by atoms with Crippen LogP contribution in [0.2, 0.25) is 0 Å². The minimum atomic E-state index is 0.750. The fraction of sp³-hybridized carbons (Fsp3) is 0.900. The van der Waals surface area contributed by atoms with Crippen molar-refractivity contribution in [1.82, 2.24) is 10.2 Å². The Kier molecular flexibility index (Phi) is 3.34. The minimum Gasteiger partial charge on any atom is -0.365 e. The number of thioether (sulfide) groups is 1. The zero-order valence-corrected chi connectivity index (χ0v) is 9.81. The standard InChI is InChI=1S/C10H19N3S/c1-8-5-9(7-13(8)2)6-12-10-11-3-4-14-10/h8-9H,3-7H2,1-2H3,(H,11,12). The second kappa shape index (κ2) is 4.53. The predicted octanol–water partition coefficient (Wildman–Crippen LogP) is 1.02. The van der Waals surface area contributed by atoms with Crippen LogP contribution in [0.15, 0.2) is 4.99 Å². The monoisotopic (exact) mass is 213 g/mol. The Morgan fingerprint density at radius 1 is 1.64 bits per heavy atom. The Labute approximate surface area is 90.3 Å². The van der Waals surface area contributed by atoms with Crippen molar-refractivity contribution in [1.29, 1.82) is 0 Å². The number of hydrogen-bond donors (Lipinski definition) is 1. The van der Waals surface area contributed by atoms with Crippen molar-refractivity contribution in [3.8, 4) is 0 Å². The van der Waals surface area contributed by atoms with Crippen molar-refractivity contribution < 1.29 is 0 Å². The molecule has 0 aromatic rings. The first-order chi connectivity index (χ1) is 6.75. The molecule has 0 aromatic carbocycles. The van der Waals surface area contributed by atoms with Gasteiger partial charge in [-0.1, -0.05) is 11.8 Å². The van der Waals surface area contributed by atoms with Crippen LogP contribution >= 0.6 is 11.8 Å². The summed E-state index contributed by atoms with van der Waals surface area (Å²) in [6.07, 6.45) is 1.32. The second-order valence-electron chi connectivity index (χ2n) is 4.31. The zero-order chi connectivity index (χ0) is 9.97. The van der Waals surface area contributed by atoms with Crippen LogP contribution < -0.4 is 5.32 Å². The maximum absolute atomic E-state index is 4.39. The number of amidine groups is 1. The lowest BCUT2D eigenvalue weighted by Crippen LogP contribution is -2.28. The average molecular weight is 213 g/mol. The molecule has 0 saturated carbocycles. The van der Waals surface area contributed by atoms with Crippen molar-refractivity contribution in [3.05, 3.63) is 0 Å². The maximum Gasteiger partial charge on any atom is 0.156 e. The third kappa shape index (κ3) is 2.42. The lowest BCUT2D eigenvalue weighted by Gasteiger charge is -2.13. The molecule has 2 aliphatic heterocycles. The summed E-state index contributed by atoms with van der Waals surface area (Å²) in [6.45, 7) is 5.63. The third-order valence-electron chi connectivity index (χ3n) is 3.10. The fourth-order valence-electron chi connectivity index (χ4n) is 2.15. The summed E-state index contributed by atoms with van der Waals surface area (Å²) in [6, 6.07) is 0.750. The summed E-state index contributed by atoms with van der Waals surface area (Å²) >= 11 is 1.85. The average Bonchev–Trinajstić information content (AvgIpc) is 2.74. The van der Waals surface area contributed by atoms with E-state index >= 15 is 0 Å². The van der Waals surface area contributed by atoms with Crippen molar-refractivity contribution in [2.75, 3.05) is 32.4 Å². The molecule has 4 heteroatoms. The van der Waals surface area contributed by atoms with Gasteiger partial charge in [0.25, 0.3) is 0 Å². The van der Waals surface area contributed by atoms with Crippen LogP contribution in [-0.2, 0) is 0 Å². The van der Waals surface area contributed by atoms with Crippen LogP contribution in [0.5, 0.6) is 0 Å². The fourth-order valence-corrected chi connectivity index (χ4v) is 2.89. The number of hydrogen-bond acceptors (Lipinski definition) is 4. The van der Waals surface area contributed by atoms with Gasteiger partial charge >= 0.3 is 0 Å². The highest BCUT2D eigenvalue weighted by Gasteiger charge is 2.26. The highest BCUT2D eigenvalue weighted by Crippen LogP contribution is 2.20. The molecule has 0 spiro atoms. The normalized spacial score (nSPS) is 33.4. The molecule has 2 atom stereocenters. The van der Waals surface area contributed by atoms with Gasteiger partial charge in [0.05, 0.1) is 6.54 Å². The number of rotatable bonds is 2. The quantitative estimate of drug-likeness (QED) is 0.742. The molecule has 2 rings (SSSR count). The van der Waals surface area contributed by atoms with Gasteiger partial charge in [-0.2, -0.15) is 0 Å². The minimum absolute atomic E-state index is 0.750. The molecule has 1 saturated heterocycles. The molecule has 0 amide bonds.